The first kappa shape index (κ1) is 37.9. The van der Waals surface area contributed by atoms with Crippen LogP contribution in [0.15, 0.2) is 12.2 Å². The number of alkyl carbamates (subject to hydrolysis) is 1. The summed E-state index contributed by atoms with van der Waals surface area (Å²) in [5.41, 5.74) is -0.888. The number of hydrogen-bond donors (Lipinski definition) is 3. The van der Waals surface area contributed by atoms with Gasteiger partial charge in [0.05, 0.1) is 32.3 Å². The van der Waals surface area contributed by atoms with Gasteiger partial charge in [0.15, 0.2) is 0 Å². The lowest BCUT2D eigenvalue weighted by Gasteiger charge is -2.33. The quantitative estimate of drug-likeness (QED) is 0.132. The third-order valence-corrected chi connectivity index (χ3v) is 7.73. The molecule has 0 radical (unpaired) electrons. The van der Waals surface area contributed by atoms with Gasteiger partial charge in [0.2, 0.25) is 5.91 Å². The van der Waals surface area contributed by atoms with Crippen LogP contribution >= 0.6 is 0 Å². The van der Waals surface area contributed by atoms with E-state index >= 15 is 0 Å². The molecule has 0 aromatic carbocycles. The van der Waals surface area contributed by atoms with Crippen LogP contribution in [0.2, 0.25) is 0 Å². The summed E-state index contributed by atoms with van der Waals surface area (Å²) in [6.45, 7) is 8.03. The normalized spacial score (nSPS) is 20.6. The van der Waals surface area contributed by atoms with Crippen molar-refractivity contribution < 1.29 is 33.7 Å². The van der Waals surface area contributed by atoms with Crippen molar-refractivity contribution in [2.45, 2.75) is 129 Å². The minimum Gasteiger partial charge on any atom is -0.481 e. The van der Waals surface area contributed by atoms with Crippen LogP contribution in [-0.4, -0.2) is 68.2 Å². The van der Waals surface area contributed by atoms with Crippen molar-refractivity contribution in [1.29, 1.82) is 0 Å². The standard InChI is InChI=1S/C33H60N2O7/c1-4-5-6-7-8-9-10-11-12-13-14-15-16-17-18-29(31(37)38)28-19-20-30(36)34-21-23-40-25-26-41-24-22-35-32(39)42-33(2,3)27-28/h11-12,28-29H,4-10,13-27H2,1-3H3,(H,34,36)(H,35,39)(H,37,38)/b12-11-. The fourth-order valence-corrected chi connectivity index (χ4v) is 5.44. The second-order valence-electron chi connectivity index (χ2n) is 12.1. The maximum atomic E-state index is 12.5. The fraction of sp³-hybridized carbons (Fsp3) is 0.848. The number of cyclic esters (lactones) is 1. The zero-order valence-electron chi connectivity index (χ0n) is 26.8. The Labute approximate surface area is 254 Å². The molecule has 1 rings (SSSR count). The van der Waals surface area contributed by atoms with Gasteiger partial charge in [0.25, 0.3) is 0 Å². The summed E-state index contributed by atoms with van der Waals surface area (Å²) in [7, 11) is 0. The molecule has 0 spiro atoms. The molecule has 1 saturated heterocycles. The van der Waals surface area contributed by atoms with Crippen molar-refractivity contribution in [1.82, 2.24) is 10.6 Å². The fourth-order valence-electron chi connectivity index (χ4n) is 5.44. The predicted molar refractivity (Wildman–Crippen MR) is 167 cm³/mol. The predicted octanol–water partition coefficient (Wildman–Crippen LogP) is 6.79. The zero-order chi connectivity index (χ0) is 30.9. The molecule has 2 unspecified atom stereocenters. The van der Waals surface area contributed by atoms with E-state index in [9.17, 15) is 19.5 Å². The highest BCUT2D eigenvalue weighted by atomic mass is 16.6. The molecule has 0 bridgehead atoms. The van der Waals surface area contributed by atoms with Crippen LogP contribution in [0.1, 0.15) is 124 Å². The molecule has 42 heavy (non-hydrogen) atoms. The average Bonchev–Trinajstić information content (AvgIpc) is 2.93. The summed E-state index contributed by atoms with van der Waals surface area (Å²) >= 11 is 0. The highest BCUT2D eigenvalue weighted by Crippen LogP contribution is 2.33. The van der Waals surface area contributed by atoms with Gasteiger partial charge in [-0.1, -0.05) is 70.4 Å². The molecule has 0 aliphatic carbocycles. The number of carbonyl (C=O) groups is 3. The van der Waals surface area contributed by atoms with E-state index in [4.69, 9.17) is 14.2 Å². The van der Waals surface area contributed by atoms with E-state index < -0.39 is 23.6 Å². The molecule has 9 heteroatoms. The van der Waals surface area contributed by atoms with E-state index in [0.29, 0.717) is 58.8 Å². The second-order valence-corrected chi connectivity index (χ2v) is 12.1. The van der Waals surface area contributed by atoms with Gasteiger partial charge in [-0.05, 0) is 64.7 Å². The number of ether oxygens (including phenoxy) is 3. The van der Waals surface area contributed by atoms with Gasteiger partial charge in [-0.15, -0.1) is 0 Å². The Morgan fingerprint density at radius 1 is 0.881 bits per heavy atom. The van der Waals surface area contributed by atoms with E-state index in [0.717, 1.165) is 38.5 Å². The Kier molecular flexibility index (Phi) is 21.9. The van der Waals surface area contributed by atoms with E-state index in [-0.39, 0.29) is 18.2 Å². The van der Waals surface area contributed by atoms with Crippen molar-refractivity contribution >= 4 is 18.0 Å². The minimum absolute atomic E-state index is 0.133. The Balaban J connectivity index is 2.58. The number of rotatable bonds is 16. The number of hydrogen-bond acceptors (Lipinski definition) is 6. The van der Waals surface area contributed by atoms with Crippen molar-refractivity contribution in [3.05, 3.63) is 12.2 Å². The van der Waals surface area contributed by atoms with Crippen molar-refractivity contribution in [2.75, 3.05) is 39.5 Å². The minimum atomic E-state index is -0.888. The Morgan fingerprint density at radius 2 is 1.45 bits per heavy atom. The Morgan fingerprint density at radius 3 is 2.07 bits per heavy atom. The zero-order valence-corrected chi connectivity index (χ0v) is 26.8. The van der Waals surface area contributed by atoms with Crippen molar-refractivity contribution in [3.8, 4) is 0 Å². The number of amides is 2. The van der Waals surface area contributed by atoms with Gasteiger partial charge in [-0.3, -0.25) is 9.59 Å². The van der Waals surface area contributed by atoms with Crippen molar-refractivity contribution in [2.24, 2.45) is 11.8 Å². The number of carboxylic acid groups (broad SMARTS) is 1. The van der Waals surface area contributed by atoms with Crippen LogP contribution in [-0.2, 0) is 23.8 Å². The van der Waals surface area contributed by atoms with Gasteiger partial charge < -0.3 is 30.0 Å². The lowest BCUT2D eigenvalue weighted by Crippen LogP contribution is -2.39. The second kappa shape index (κ2) is 24.3. The Bertz CT molecular complexity index is 757. The van der Waals surface area contributed by atoms with Crippen LogP contribution < -0.4 is 10.6 Å². The summed E-state index contributed by atoms with van der Waals surface area (Å²) < 4.78 is 16.5. The molecule has 9 nitrogen and oxygen atoms in total. The smallest absolute Gasteiger partial charge is 0.407 e. The molecule has 2 atom stereocenters. The molecule has 244 valence electrons. The van der Waals surface area contributed by atoms with Crippen LogP contribution in [0.5, 0.6) is 0 Å². The lowest BCUT2D eigenvalue weighted by atomic mass is 9.78. The molecular weight excluding hydrogens is 536 g/mol. The molecule has 1 aliphatic rings. The third kappa shape index (κ3) is 20.7. The first-order chi connectivity index (χ1) is 20.2. The van der Waals surface area contributed by atoms with Crippen molar-refractivity contribution in [3.63, 3.8) is 0 Å². The average molecular weight is 597 g/mol. The largest absolute Gasteiger partial charge is 0.481 e. The molecule has 0 aromatic rings. The molecular formula is C33H60N2O7. The van der Waals surface area contributed by atoms with E-state index in [2.05, 4.69) is 29.7 Å². The van der Waals surface area contributed by atoms with Gasteiger partial charge in [-0.2, -0.15) is 0 Å². The topological polar surface area (TPSA) is 123 Å². The maximum absolute atomic E-state index is 12.5. The lowest BCUT2D eigenvalue weighted by molar-refractivity contribution is -0.145. The van der Waals surface area contributed by atoms with Gasteiger partial charge in [-0.25, -0.2) is 4.79 Å². The molecule has 2 amide bonds. The van der Waals surface area contributed by atoms with Crippen LogP contribution in [0.3, 0.4) is 0 Å². The SMILES string of the molecule is CCCCCCCC/C=C\CCCCCCC(C(=O)O)C1CCC(=O)NCCOCCOCCNC(=O)OC(C)(C)C1. The molecule has 0 aromatic heterocycles. The van der Waals surface area contributed by atoms with Gasteiger partial charge in [0.1, 0.15) is 5.60 Å². The first-order valence-corrected chi connectivity index (χ1v) is 16.5. The van der Waals surface area contributed by atoms with Gasteiger partial charge >= 0.3 is 12.1 Å². The maximum Gasteiger partial charge on any atom is 0.407 e. The third-order valence-electron chi connectivity index (χ3n) is 7.73. The highest BCUT2D eigenvalue weighted by Gasteiger charge is 2.35. The van der Waals surface area contributed by atoms with Gasteiger partial charge in [0, 0.05) is 19.5 Å². The summed E-state index contributed by atoms with van der Waals surface area (Å²) in [6, 6.07) is 0. The summed E-state index contributed by atoms with van der Waals surface area (Å²) in [6.07, 6.45) is 19.7. The highest BCUT2D eigenvalue weighted by molar-refractivity contribution is 5.76. The van der Waals surface area contributed by atoms with E-state index in [1.54, 1.807) is 13.8 Å². The van der Waals surface area contributed by atoms with Crippen LogP contribution in [0.25, 0.3) is 0 Å². The molecule has 1 aliphatic heterocycles. The number of aliphatic carboxylic acids is 1. The number of unbranched alkanes of at least 4 members (excludes halogenated alkanes) is 10. The molecule has 0 saturated carbocycles. The molecule has 1 heterocycles. The monoisotopic (exact) mass is 596 g/mol. The summed E-state index contributed by atoms with van der Waals surface area (Å²) in [5, 5.41) is 15.7. The molecule has 3 N–H and O–H groups in total. The summed E-state index contributed by atoms with van der Waals surface area (Å²) in [5.74, 6) is -1.90. The number of carboxylic acids is 1. The first-order valence-electron chi connectivity index (χ1n) is 16.5. The molecule has 1 fully saturated rings. The number of nitrogens with one attached hydrogen (secondary N) is 2. The summed E-state index contributed by atoms with van der Waals surface area (Å²) in [4.78, 5) is 37.2. The van der Waals surface area contributed by atoms with E-state index in [1.807, 2.05) is 0 Å². The van der Waals surface area contributed by atoms with Crippen LogP contribution in [0, 0.1) is 11.8 Å². The number of allylic oxidation sites excluding steroid dienone is 2. The van der Waals surface area contributed by atoms with Crippen LogP contribution in [0.4, 0.5) is 4.79 Å². The van der Waals surface area contributed by atoms with E-state index in [1.165, 1.54) is 38.5 Å². The Hall–Kier alpha value is -2.13. The number of carbonyl (C=O) groups excluding carboxylic acids is 2.